The van der Waals surface area contributed by atoms with Gasteiger partial charge in [0.25, 0.3) is 5.91 Å². The lowest BCUT2D eigenvalue weighted by Crippen LogP contribution is -2.40. The summed E-state index contributed by atoms with van der Waals surface area (Å²) in [7, 11) is -2.43. The number of methoxy groups -OCH3 is 1. The van der Waals surface area contributed by atoms with Crippen LogP contribution in [0.1, 0.15) is 44.8 Å². The van der Waals surface area contributed by atoms with E-state index in [1.54, 1.807) is 0 Å². The molecule has 5 rings (SSSR count). The fraction of sp³-hybridized carbons (Fsp3) is 0.345. The van der Waals surface area contributed by atoms with Crippen molar-refractivity contribution in [2.75, 3.05) is 32.1 Å². The molecular formula is C29H30N4O5S2. The number of ether oxygens (including phenoxy) is 1. The molecule has 3 heterocycles. The Kier molecular flexibility index (Phi) is 8.32. The molecule has 0 unspecified atom stereocenters. The highest BCUT2D eigenvalue weighted by Crippen LogP contribution is 2.37. The van der Waals surface area contributed by atoms with Crippen LogP contribution in [0.2, 0.25) is 0 Å². The van der Waals surface area contributed by atoms with Crippen molar-refractivity contribution >= 4 is 38.2 Å². The molecule has 1 saturated heterocycles. The summed E-state index contributed by atoms with van der Waals surface area (Å²) in [6.07, 6.45) is 1.55. The third-order valence-electron chi connectivity index (χ3n) is 7.47. The Morgan fingerprint density at radius 1 is 1.07 bits per heavy atom. The number of carbonyl (C=O) groups excluding carboxylic acids is 2. The van der Waals surface area contributed by atoms with Gasteiger partial charge in [0.1, 0.15) is 11.1 Å². The molecule has 1 N–H and O–H groups in total. The van der Waals surface area contributed by atoms with Gasteiger partial charge in [-0.3, -0.25) is 14.5 Å². The second-order valence-electron chi connectivity index (χ2n) is 9.95. The van der Waals surface area contributed by atoms with Gasteiger partial charge in [-0.25, -0.2) is 8.42 Å². The molecule has 2 aromatic carbocycles. The number of carbonyl (C=O) groups is 2. The van der Waals surface area contributed by atoms with Gasteiger partial charge in [0, 0.05) is 43.2 Å². The minimum Gasteiger partial charge on any atom is -0.469 e. The van der Waals surface area contributed by atoms with Crippen molar-refractivity contribution in [3.05, 3.63) is 81.7 Å². The molecule has 3 aromatic rings. The Morgan fingerprint density at radius 3 is 2.42 bits per heavy atom. The van der Waals surface area contributed by atoms with Crippen molar-refractivity contribution in [2.45, 2.75) is 37.2 Å². The highest BCUT2D eigenvalue weighted by atomic mass is 32.2. The summed E-state index contributed by atoms with van der Waals surface area (Å²) < 4.78 is 32.4. The Balaban J connectivity index is 1.25. The van der Waals surface area contributed by atoms with E-state index < -0.39 is 15.9 Å². The average molecular weight is 579 g/mol. The lowest BCUT2D eigenvalue weighted by atomic mass is 9.99. The molecule has 40 heavy (non-hydrogen) atoms. The molecule has 2 aliphatic heterocycles. The number of sulfonamides is 1. The molecule has 9 nitrogen and oxygen atoms in total. The summed E-state index contributed by atoms with van der Waals surface area (Å²) in [5.41, 5.74) is 3.02. The van der Waals surface area contributed by atoms with Gasteiger partial charge < -0.3 is 10.1 Å². The number of hydrogen-bond acceptors (Lipinski definition) is 8. The van der Waals surface area contributed by atoms with Crippen LogP contribution in [-0.2, 0) is 39.1 Å². The topological polar surface area (TPSA) is 120 Å². The largest absolute Gasteiger partial charge is 0.469 e. The first-order valence-electron chi connectivity index (χ1n) is 13.1. The number of benzene rings is 2. The monoisotopic (exact) mass is 578 g/mol. The SMILES string of the molecule is COC(=O)C1CCN(S(=O)(=O)c2ccc(C(=O)Nc3sc4c(c3C#N)CCN(Cc3ccccc3)C4)cc2)CC1. The van der Waals surface area contributed by atoms with Crippen molar-refractivity contribution in [1.82, 2.24) is 9.21 Å². The van der Waals surface area contributed by atoms with Crippen LogP contribution in [0.25, 0.3) is 0 Å². The number of esters is 1. The van der Waals surface area contributed by atoms with Gasteiger partial charge in [-0.1, -0.05) is 30.3 Å². The fourth-order valence-corrected chi connectivity index (χ4v) is 7.95. The average Bonchev–Trinajstić information content (AvgIpc) is 3.33. The maximum atomic E-state index is 13.1. The number of nitrogens with one attached hydrogen (secondary N) is 1. The van der Waals surface area contributed by atoms with Gasteiger partial charge in [-0.15, -0.1) is 11.3 Å². The summed E-state index contributed by atoms with van der Waals surface area (Å²) in [4.78, 5) is 28.3. The van der Waals surface area contributed by atoms with Crippen LogP contribution in [0.15, 0.2) is 59.5 Å². The van der Waals surface area contributed by atoms with E-state index >= 15 is 0 Å². The minimum absolute atomic E-state index is 0.0865. The summed E-state index contributed by atoms with van der Waals surface area (Å²) in [6, 6.07) is 18.3. The van der Waals surface area contributed by atoms with Crippen molar-refractivity contribution < 1.29 is 22.7 Å². The van der Waals surface area contributed by atoms with Crippen LogP contribution in [0.3, 0.4) is 0 Å². The highest BCUT2D eigenvalue weighted by molar-refractivity contribution is 7.89. The van der Waals surface area contributed by atoms with E-state index in [0.29, 0.717) is 35.5 Å². The second-order valence-corrected chi connectivity index (χ2v) is 13.0. The van der Waals surface area contributed by atoms with Crippen LogP contribution < -0.4 is 5.32 Å². The van der Waals surface area contributed by atoms with Gasteiger partial charge in [0.2, 0.25) is 10.0 Å². The van der Waals surface area contributed by atoms with Crippen molar-refractivity contribution in [1.29, 1.82) is 5.26 Å². The molecule has 1 aromatic heterocycles. The first kappa shape index (κ1) is 28.0. The predicted octanol–water partition coefficient (Wildman–Crippen LogP) is 4.00. The lowest BCUT2D eigenvalue weighted by molar-refractivity contribution is -0.146. The molecule has 2 aliphatic rings. The second kappa shape index (κ2) is 11.9. The molecule has 11 heteroatoms. The first-order valence-corrected chi connectivity index (χ1v) is 15.4. The predicted molar refractivity (Wildman–Crippen MR) is 151 cm³/mol. The number of rotatable bonds is 7. The summed E-state index contributed by atoms with van der Waals surface area (Å²) in [5, 5.41) is 13.2. The Hall–Kier alpha value is -3.56. The van der Waals surface area contributed by atoms with Crippen LogP contribution in [0.4, 0.5) is 5.00 Å². The van der Waals surface area contributed by atoms with Crippen LogP contribution >= 0.6 is 11.3 Å². The van der Waals surface area contributed by atoms with E-state index in [-0.39, 0.29) is 29.9 Å². The summed E-state index contributed by atoms with van der Waals surface area (Å²) >= 11 is 1.42. The number of nitriles is 1. The number of thiophene rings is 1. The van der Waals surface area contributed by atoms with E-state index in [1.165, 1.54) is 52.6 Å². The number of hydrogen-bond donors (Lipinski definition) is 1. The molecule has 0 saturated carbocycles. The van der Waals surface area contributed by atoms with Crippen LogP contribution in [0.5, 0.6) is 0 Å². The van der Waals surface area contributed by atoms with Crippen LogP contribution in [-0.4, -0.2) is 56.2 Å². The van der Waals surface area contributed by atoms with Crippen molar-refractivity contribution in [3.63, 3.8) is 0 Å². The molecular weight excluding hydrogens is 548 g/mol. The molecule has 0 spiro atoms. The Morgan fingerprint density at radius 2 is 1.77 bits per heavy atom. The molecule has 0 bridgehead atoms. The number of amides is 1. The third-order valence-corrected chi connectivity index (χ3v) is 10.5. The Bertz CT molecular complexity index is 1540. The molecule has 1 amide bonds. The number of fused-ring (bicyclic) bond motifs is 1. The summed E-state index contributed by atoms with van der Waals surface area (Å²) in [6.45, 7) is 2.82. The normalized spacial score (nSPS) is 16.6. The zero-order valence-corrected chi connectivity index (χ0v) is 23.8. The highest BCUT2D eigenvalue weighted by Gasteiger charge is 2.32. The molecule has 0 radical (unpaired) electrons. The number of anilines is 1. The minimum atomic E-state index is -3.76. The van der Waals surface area contributed by atoms with E-state index in [9.17, 15) is 23.3 Å². The standard InChI is InChI=1S/C29H30N4O5S2/c1-38-29(35)22-11-15-33(16-12-22)40(36,37)23-9-7-21(8-10-23)27(34)31-28-25(17-30)24-13-14-32(19-26(24)39-28)18-20-5-3-2-4-6-20/h2-10,22H,11-16,18-19H2,1H3,(H,31,34). The number of nitrogens with zero attached hydrogens (tertiary/aromatic N) is 3. The maximum Gasteiger partial charge on any atom is 0.308 e. The lowest BCUT2D eigenvalue weighted by Gasteiger charge is -2.29. The zero-order valence-electron chi connectivity index (χ0n) is 22.1. The maximum absolute atomic E-state index is 13.1. The van der Waals surface area contributed by atoms with Crippen molar-refractivity contribution in [3.8, 4) is 6.07 Å². The molecule has 1 fully saturated rings. The van der Waals surface area contributed by atoms with Crippen molar-refractivity contribution in [2.24, 2.45) is 5.92 Å². The van der Waals surface area contributed by atoms with Gasteiger partial charge >= 0.3 is 5.97 Å². The van der Waals surface area contributed by atoms with E-state index in [2.05, 4.69) is 28.4 Å². The van der Waals surface area contributed by atoms with Crippen LogP contribution in [0, 0.1) is 17.2 Å². The number of piperidine rings is 1. The van der Waals surface area contributed by atoms with E-state index in [0.717, 1.165) is 30.0 Å². The smallest absolute Gasteiger partial charge is 0.308 e. The third kappa shape index (κ3) is 5.81. The quantitative estimate of drug-likeness (QED) is 0.421. The zero-order chi connectivity index (χ0) is 28.3. The van der Waals surface area contributed by atoms with Gasteiger partial charge in [0.05, 0.1) is 23.5 Å². The molecule has 208 valence electrons. The van der Waals surface area contributed by atoms with E-state index in [4.69, 9.17) is 4.74 Å². The summed E-state index contributed by atoms with van der Waals surface area (Å²) in [5.74, 6) is -1.02. The van der Waals surface area contributed by atoms with Gasteiger partial charge in [-0.05, 0) is 54.7 Å². The fourth-order valence-electron chi connectivity index (χ4n) is 5.24. The van der Waals surface area contributed by atoms with Gasteiger partial charge in [0.15, 0.2) is 0 Å². The Labute approximate surface area is 238 Å². The first-order chi connectivity index (χ1) is 19.3. The molecule has 0 atom stereocenters. The van der Waals surface area contributed by atoms with E-state index in [1.807, 2.05) is 18.2 Å². The molecule has 0 aliphatic carbocycles. The van der Waals surface area contributed by atoms with Gasteiger partial charge in [-0.2, -0.15) is 9.57 Å².